The van der Waals surface area contributed by atoms with E-state index in [1.165, 1.54) is 6.21 Å². The standard InChI is InChI=1S/C15H16N2O2S2/c1-12-3-9-15(10-4-12)21(18,19)17-16-11-13-5-7-14(20-2)8-6-13/h3-11,17H,1-2H3/b16-11-. The maximum absolute atomic E-state index is 12.0. The summed E-state index contributed by atoms with van der Waals surface area (Å²) in [5, 5.41) is 3.80. The molecule has 0 aliphatic heterocycles. The molecule has 6 heteroatoms. The molecule has 0 atom stereocenters. The van der Waals surface area contributed by atoms with Gasteiger partial charge in [0.1, 0.15) is 0 Å². The molecule has 0 aromatic heterocycles. The SMILES string of the molecule is CSc1ccc(/C=N\NS(=O)(=O)c2ccc(C)cc2)cc1. The van der Waals surface area contributed by atoms with E-state index in [4.69, 9.17) is 0 Å². The Morgan fingerprint density at radius 2 is 1.67 bits per heavy atom. The number of hydrogen-bond donors (Lipinski definition) is 1. The summed E-state index contributed by atoms with van der Waals surface area (Å²) in [6.45, 7) is 1.90. The Hall–Kier alpha value is -1.79. The van der Waals surface area contributed by atoms with Gasteiger partial charge in [0.2, 0.25) is 0 Å². The maximum atomic E-state index is 12.0. The monoisotopic (exact) mass is 320 g/mol. The molecule has 2 aromatic rings. The lowest BCUT2D eigenvalue weighted by Gasteiger charge is -2.03. The average molecular weight is 320 g/mol. The molecule has 21 heavy (non-hydrogen) atoms. The van der Waals surface area contributed by atoms with E-state index in [0.29, 0.717) is 0 Å². The Labute approximate surface area is 129 Å². The van der Waals surface area contributed by atoms with Crippen LogP contribution >= 0.6 is 11.8 Å². The molecule has 0 fully saturated rings. The third kappa shape index (κ3) is 4.34. The van der Waals surface area contributed by atoms with Gasteiger partial charge < -0.3 is 0 Å². The van der Waals surface area contributed by atoms with Crippen LogP contribution < -0.4 is 4.83 Å². The molecule has 2 aromatic carbocycles. The van der Waals surface area contributed by atoms with E-state index in [0.717, 1.165) is 16.0 Å². The fourth-order valence-electron chi connectivity index (χ4n) is 1.63. The van der Waals surface area contributed by atoms with Gasteiger partial charge in [0.15, 0.2) is 0 Å². The Kier molecular flexibility index (Phi) is 5.03. The summed E-state index contributed by atoms with van der Waals surface area (Å²) >= 11 is 1.65. The molecule has 0 saturated heterocycles. The van der Waals surface area contributed by atoms with E-state index >= 15 is 0 Å². The van der Waals surface area contributed by atoms with Crippen molar-refractivity contribution in [3.05, 3.63) is 59.7 Å². The normalized spacial score (nSPS) is 11.7. The highest BCUT2D eigenvalue weighted by atomic mass is 32.2. The van der Waals surface area contributed by atoms with Crippen LogP contribution in [0.2, 0.25) is 0 Å². The number of aryl methyl sites for hydroxylation is 1. The summed E-state index contributed by atoms with van der Waals surface area (Å²) in [4.78, 5) is 3.55. The molecule has 0 bridgehead atoms. The van der Waals surface area contributed by atoms with Gasteiger partial charge in [-0.2, -0.15) is 13.5 Å². The van der Waals surface area contributed by atoms with E-state index in [2.05, 4.69) is 9.93 Å². The highest BCUT2D eigenvalue weighted by molar-refractivity contribution is 7.98. The minimum absolute atomic E-state index is 0.197. The first-order chi connectivity index (χ1) is 10.0. The summed E-state index contributed by atoms with van der Waals surface area (Å²) in [6.07, 6.45) is 3.48. The van der Waals surface area contributed by atoms with Gasteiger partial charge >= 0.3 is 0 Å². The summed E-state index contributed by atoms with van der Waals surface area (Å²) in [6, 6.07) is 14.3. The topological polar surface area (TPSA) is 58.5 Å². The van der Waals surface area contributed by atoms with Crippen molar-refractivity contribution < 1.29 is 8.42 Å². The molecule has 0 unspecified atom stereocenters. The second-order valence-corrected chi connectivity index (χ2v) is 6.98. The van der Waals surface area contributed by atoms with Gasteiger partial charge in [0, 0.05) is 4.90 Å². The zero-order chi connectivity index (χ0) is 15.3. The van der Waals surface area contributed by atoms with Crippen molar-refractivity contribution in [2.24, 2.45) is 5.10 Å². The number of nitrogens with zero attached hydrogens (tertiary/aromatic N) is 1. The maximum Gasteiger partial charge on any atom is 0.276 e. The van der Waals surface area contributed by atoms with Crippen molar-refractivity contribution in [1.29, 1.82) is 0 Å². The molecule has 0 spiro atoms. The van der Waals surface area contributed by atoms with Crippen molar-refractivity contribution >= 4 is 28.0 Å². The predicted molar refractivity (Wildman–Crippen MR) is 87.3 cm³/mol. The predicted octanol–water partition coefficient (Wildman–Crippen LogP) is 3.03. The summed E-state index contributed by atoms with van der Waals surface area (Å²) in [5.74, 6) is 0. The van der Waals surface area contributed by atoms with E-state index in [9.17, 15) is 8.42 Å². The minimum Gasteiger partial charge on any atom is -0.200 e. The van der Waals surface area contributed by atoms with Crippen molar-refractivity contribution in [1.82, 2.24) is 4.83 Å². The lowest BCUT2D eigenvalue weighted by Crippen LogP contribution is -2.18. The molecule has 0 aliphatic carbocycles. The highest BCUT2D eigenvalue weighted by Gasteiger charge is 2.11. The zero-order valence-electron chi connectivity index (χ0n) is 11.8. The van der Waals surface area contributed by atoms with Gasteiger partial charge in [0.05, 0.1) is 11.1 Å². The van der Waals surface area contributed by atoms with E-state index in [-0.39, 0.29) is 4.90 Å². The third-order valence-electron chi connectivity index (χ3n) is 2.83. The van der Waals surface area contributed by atoms with Gasteiger partial charge in [-0.1, -0.05) is 29.8 Å². The smallest absolute Gasteiger partial charge is 0.200 e. The fourth-order valence-corrected chi connectivity index (χ4v) is 2.83. The number of benzene rings is 2. The lowest BCUT2D eigenvalue weighted by molar-refractivity contribution is 0.584. The molecule has 0 saturated carbocycles. The van der Waals surface area contributed by atoms with Gasteiger partial charge in [0.25, 0.3) is 10.0 Å². The van der Waals surface area contributed by atoms with Crippen LogP contribution in [0, 0.1) is 6.92 Å². The first-order valence-corrected chi connectivity index (χ1v) is 8.98. The molecule has 0 heterocycles. The third-order valence-corrected chi connectivity index (χ3v) is 4.82. The second-order valence-electron chi connectivity index (χ2n) is 4.44. The summed E-state index contributed by atoms with van der Waals surface area (Å²) in [5.41, 5.74) is 1.84. The Morgan fingerprint density at radius 1 is 1.05 bits per heavy atom. The highest BCUT2D eigenvalue weighted by Crippen LogP contribution is 2.14. The van der Waals surface area contributed by atoms with Crippen LogP contribution in [0.5, 0.6) is 0 Å². The second kappa shape index (κ2) is 6.78. The molecule has 0 aliphatic rings. The largest absolute Gasteiger partial charge is 0.276 e. The number of hydrogen-bond acceptors (Lipinski definition) is 4. The van der Waals surface area contributed by atoms with Gasteiger partial charge in [-0.15, -0.1) is 11.8 Å². The molecule has 4 nitrogen and oxygen atoms in total. The zero-order valence-corrected chi connectivity index (χ0v) is 13.4. The average Bonchev–Trinajstić information content (AvgIpc) is 2.48. The first-order valence-electron chi connectivity index (χ1n) is 6.27. The van der Waals surface area contributed by atoms with Crippen LogP contribution in [0.15, 0.2) is 63.4 Å². The minimum atomic E-state index is -3.61. The van der Waals surface area contributed by atoms with Gasteiger partial charge in [-0.05, 0) is 43.0 Å². The summed E-state index contributed by atoms with van der Waals surface area (Å²) < 4.78 is 24.0. The molecule has 110 valence electrons. The lowest BCUT2D eigenvalue weighted by atomic mass is 10.2. The Bertz CT molecular complexity index is 721. The fraction of sp³-hybridized carbons (Fsp3) is 0.133. The molecule has 2 rings (SSSR count). The van der Waals surface area contributed by atoms with Crippen LogP contribution in [-0.2, 0) is 10.0 Å². The number of rotatable bonds is 5. The van der Waals surface area contributed by atoms with Gasteiger partial charge in [-0.3, -0.25) is 0 Å². The van der Waals surface area contributed by atoms with Crippen LogP contribution in [0.25, 0.3) is 0 Å². The quantitative estimate of drug-likeness (QED) is 0.523. The molecular formula is C15H16N2O2S2. The Morgan fingerprint density at radius 3 is 2.24 bits per heavy atom. The van der Waals surface area contributed by atoms with E-state index in [1.807, 2.05) is 37.4 Å². The van der Waals surface area contributed by atoms with Gasteiger partial charge in [-0.25, -0.2) is 4.83 Å². The van der Waals surface area contributed by atoms with Crippen LogP contribution in [0.4, 0.5) is 0 Å². The van der Waals surface area contributed by atoms with Crippen molar-refractivity contribution in [2.45, 2.75) is 16.7 Å². The van der Waals surface area contributed by atoms with Crippen molar-refractivity contribution in [3.8, 4) is 0 Å². The number of thioether (sulfide) groups is 1. The molecule has 1 N–H and O–H groups in total. The van der Waals surface area contributed by atoms with E-state index in [1.54, 1.807) is 36.0 Å². The van der Waals surface area contributed by atoms with Crippen LogP contribution in [0.3, 0.4) is 0 Å². The first kappa shape index (κ1) is 15.6. The Balaban J connectivity index is 2.06. The van der Waals surface area contributed by atoms with Crippen LogP contribution in [-0.4, -0.2) is 20.9 Å². The number of sulfonamides is 1. The number of nitrogens with one attached hydrogen (secondary N) is 1. The summed E-state index contributed by atoms with van der Waals surface area (Å²) in [7, 11) is -3.61. The molecular weight excluding hydrogens is 304 g/mol. The van der Waals surface area contributed by atoms with Crippen LogP contribution in [0.1, 0.15) is 11.1 Å². The van der Waals surface area contributed by atoms with Crippen molar-refractivity contribution in [2.75, 3.05) is 6.26 Å². The number of hydrazone groups is 1. The molecule has 0 radical (unpaired) electrons. The van der Waals surface area contributed by atoms with Crippen molar-refractivity contribution in [3.63, 3.8) is 0 Å². The molecule has 0 amide bonds. The van der Waals surface area contributed by atoms with E-state index < -0.39 is 10.0 Å².